The number of amides is 1. The van der Waals surface area contributed by atoms with Crippen LogP contribution in [-0.4, -0.2) is 16.7 Å². The van der Waals surface area contributed by atoms with Crippen molar-refractivity contribution in [3.63, 3.8) is 0 Å². The Balaban J connectivity index is 1.96. The van der Waals surface area contributed by atoms with E-state index in [9.17, 15) is 4.79 Å². The molecule has 0 bridgehead atoms. The van der Waals surface area contributed by atoms with Gasteiger partial charge in [-0.2, -0.15) is 5.10 Å². The van der Waals surface area contributed by atoms with Gasteiger partial charge in [-0.05, 0) is 31.2 Å². The molecule has 88 valence electrons. The summed E-state index contributed by atoms with van der Waals surface area (Å²) in [7, 11) is 0. The van der Waals surface area contributed by atoms with Gasteiger partial charge in [-0.25, -0.2) is 5.43 Å². The zero-order valence-corrected chi connectivity index (χ0v) is 9.46. The summed E-state index contributed by atoms with van der Waals surface area (Å²) in [4.78, 5) is 11.5. The first-order chi connectivity index (χ1) is 8.31. The van der Waals surface area contributed by atoms with Gasteiger partial charge in [0.05, 0.1) is 18.2 Å². The number of rotatable bonds is 4. The first-order valence-electron chi connectivity index (χ1n) is 5.33. The lowest BCUT2D eigenvalue weighted by molar-refractivity contribution is 0.0927. The van der Waals surface area contributed by atoms with Gasteiger partial charge in [0.25, 0.3) is 0 Å². The average Bonchev–Trinajstić information content (AvgIpc) is 2.99. The van der Waals surface area contributed by atoms with Crippen molar-refractivity contribution in [2.24, 2.45) is 5.10 Å². The Labute approximate surface area is 98.7 Å². The number of hydrogen-bond acceptors (Lipinski definition) is 3. The molecule has 1 amide bonds. The van der Waals surface area contributed by atoms with Gasteiger partial charge in [0, 0.05) is 12.7 Å². The predicted octanol–water partition coefficient (Wildman–Crippen LogP) is 1.86. The van der Waals surface area contributed by atoms with Crippen LogP contribution in [0.4, 0.5) is 0 Å². The van der Waals surface area contributed by atoms with Gasteiger partial charge in [0.2, 0.25) is 0 Å². The van der Waals surface area contributed by atoms with Gasteiger partial charge >= 0.3 is 5.91 Å². The summed E-state index contributed by atoms with van der Waals surface area (Å²) in [6.07, 6.45) is 5.00. The van der Waals surface area contributed by atoms with Gasteiger partial charge in [0.15, 0.2) is 5.76 Å². The van der Waals surface area contributed by atoms with E-state index >= 15 is 0 Å². The van der Waals surface area contributed by atoms with E-state index in [2.05, 4.69) is 10.5 Å². The largest absolute Gasteiger partial charge is 0.459 e. The fourth-order valence-corrected chi connectivity index (χ4v) is 1.45. The van der Waals surface area contributed by atoms with E-state index in [4.69, 9.17) is 4.42 Å². The van der Waals surface area contributed by atoms with E-state index < -0.39 is 0 Å². The minimum absolute atomic E-state index is 0.244. The van der Waals surface area contributed by atoms with Crippen molar-refractivity contribution >= 4 is 12.1 Å². The van der Waals surface area contributed by atoms with Crippen LogP contribution in [0.1, 0.15) is 23.2 Å². The van der Waals surface area contributed by atoms with Crippen LogP contribution in [0.3, 0.4) is 0 Å². The molecule has 5 nitrogen and oxygen atoms in total. The standard InChI is InChI=1S/C12H13N3O2/c1-2-15-7-3-5-10(15)9-13-14-12(16)11-6-4-8-17-11/h3-9H,2H2,1H3,(H,14,16)/b13-9+. The van der Waals surface area contributed by atoms with Crippen LogP contribution < -0.4 is 5.43 Å². The minimum Gasteiger partial charge on any atom is -0.459 e. The predicted molar refractivity (Wildman–Crippen MR) is 63.9 cm³/mol. The highest BCUT2D eigenvalue weighted by Crippen LogP contribution is 2.00. The zero-order chi connectivity index (χ0) is 12.1. The molecule has 2 heterocycles. The maximum Gasteiger partial charge on any atom is 0.307 e. The highest BCUT2D eigenvalue weighted by molar-refractivity contribution is 5.92. The number of aryl methyl sites for hydroxylation is 1. The van der Waals surface area contributed by atoms with E-state index in [0.29, 0.717) is 0 Å². The zero-order valence-electron chi connectivity index (χ0n) is 9.46. The summed E-state index contributed by atoms with van der Waals surface area (Å²) in [5.41, 5.74) is 3.34. The molecule has 0 spiro atoms. The van der Waals surface area contributed by atoms with E-state index in [0.717, 1.165) is 12.2 Å². The third kappa shape index (κ3) is 2.63. The molecule has 0 saturated heterocycles. The lowest BCUT2D eigenvalue weighted by Crippen LogP contribution is -2.17. The van der Waals surface area contributed by atoms with Crippen molar-refractivity contribution in [1.82, 2.24) is 9.99 Å². The lowest BCUT2D eigenvalue weighted by atomic mass is 10.4. The molecule has 0 aliphatic carbocycles. The highest BCUT2D eigenvalue weighted by atomic mass is 16.3. The Morgan fingerprint density at radius 3 is 3.12 bits per heavy atom. The number of nitrogens with one attached hydrogen (secondary N) is 1. The molecule has 0 aromatic carbocycles. The number of hydrogen-bond donors (Lipinski definition) is 1. The topological polar surface area (TPSA) is 59.5 Å². The lowest BCUT2D eigenvalue weighted by Gasteiger charge is -2.00. The maximum atomic E-state index is 11.5. The van der Waals surface area contributed by atoms with Crippen molar-refractivity contribution in [2.75, 3.05) is 0 Å². The molecular formula is C12H13N3O2. The molecule has 2 aromatic heterocycles. The smallest absolute Gasteiger partial charge is 0.307 e. The number of hydrazone groups is 1. The van der Waals surface area contributed by atoms with Gasteiger partial charge in [0.1, 0.15) is 0 Å². The molecule has 0 atom stereocenters. The maximum absolute atomic E-state index is 11.5. The molecule has 0 radical (unpaired) electrons. The Bertz CT molecular complexity index is 512. The van der Waals surface area contributed by atoms with Crippen molar-refractivity contribution in [2.45, 2.75) is 13.5 Å². The Morgan fingerprint density at radius 1 is 1.53 bits per heavy atom. The summed E-state index contributed by atoms with van der Waals surface area (Å²) in [6, 6.07) is 7.09. The normalized spacial score (nSPS) is 10.9. The molecule has 5 heteroatoms. The summed E-state index contributed by atoms with van der Waals surface area (Å²) in [5, 5.41) is 3.87. The van der Waals surface area contributed by atoms with Crippen LogP contribution in [0.5, 0.6) is 0 Å². The van der Waals surface area contributed by atoms with Crippen LogP contribution in [0, 0.1) is 0 Å². The second-order valence-electron chi connectivity index (χ2n) is 3.40. The molecule has 0 aliphatic heterocycles. The van der Waals surface area contributed by atoms with E-state index in [1.807, 2.05) is 29.8 Å². The van der Waals surface area contributed by atoms with Crippen LogP contribution in [0.15, 0.2) is 46.2 Å². The average molecular weight is 231 g/mol. The Morgan fingerprint density at radius 2 is 2.41 bits per heavy atom. The first-order valence-corrected chi connectivity index (χ1v) is 5.33. The molecule has 0 saturated carbocycles. The van der Waals surface area contributed by atoms with Gasteiger partial charge in [-0.15, -0.1) is 0 Å². The second kappa shape index (κ2) is 5.16. The summed E-state index contributed by atoms with van der Waals surface area (Å²) in [5.74, 6) is -0.117. The number of carbonyl (C=O) groups is 1. The van der Waals surface area contributed by atoms with E-state index in [-0.39, 0.29) is 11.7 Å². The quantitative estimate of drug-likeness (QED) is 0.645. The van der Waals surface area contributed by atoms with Gasteiger partial charge < -0.3 is 8.98 Å². The SMILES string of the molecule is CCn1cccc1/C=N/NC(=O)c1ccco1. The van der Waals surface area contributed by atoms with Crippen LogP contribution in [-0.2, 0) is 6.54 Å². The second-order valence-corrected chi connectivity index (χ2v) is 3.40. The molecule has 1 N–H and O–H groups in total. The third-order valence-electron chi connectivity index (χ3n) is 2.31. The number of furan rings is 1. The van der Waals surface area contributed by atoms with Crippen LogP contribution >= 0.6 is 0 Å². The van der Waals surface area contributed by atoms with E-state index in [1.165, 1.54) is 6.26 Å². The molecule has 0 fully saturated rings. The third-order valence-corrected chi connectivity index (χ3v) is 2.31. The molecule has 2 rings (SSSR count). The van der Waals surface area contributed by atoms with Gasteiger partial charge in [-0.1, -0.05) is 0 Å². The molecule has 0 aliphatic rings. The monoisotopic (exact) mass is 231 g/mol. The van der Waals surface area contributed by atoms with Crippen LogP contribution in [0.25, 0.3) is 0 Å². The van der Waals surface area contributed by atoms with Crippen molar-refractivity contribution in [1.29, 1.82) is 0 Å². The van der Waals surface area contributed by atoms with Crippen molar-refractivity contribution in [3.8, 4) is 0 Å². The fraction of sp³-hybridized carbons (Fsp3) is 0.167. The van der Waals surface area contributed by atoms with Crippen molar-refractivity contribution < 1.29 is 9.21 Å². The summed E-state index contributed by atoms with van der Waals surface area (Å²) in [6.45, 7) is 2.90. The van der Waals surface area contributed by atoms with Gasteiger partial charge in [-0.3, -0.25) is 4.79 Å². The van der Waals surface area contributed by atoms with Crippen molar-refractivity contribution in [3.05, 3.63) is 48.2 Å². The number of nitrogens with zero attached hydrogens (tertiary/aromatic N) is 2. The minimum atomic E-state index is -0.360. The number of carbonyl (C=O) groups excluding carboxylic acids is 1. The summed E-state index contributed by atoms with van der Waals surface area (Å²) < 4.78 is 6.95. The number of aromatic nitrogens is 1. The first kappa shape index (κ1) is 11.2. The molecular weight excluding hydrogens is 218 g/mol. The fourth-order valence-electron chi connectivity index (χ4n) is 1.45. The Kier molecular flexibility index (Phi) is 3.40. The molecule has 17 heavy (non-hydrogen) atoms. The molecule has 2 aromatic rings. The summed E-state index contributed by atoms with van der Waals surface area (Å²) >= 11 is 0. The van der Waals surface area contributed by atoms with Crippen LogP contribution in [0.2, 0.25) is 0 Å². The Hall–Kier alpha value is -2.30. The van der Waals surface area contributed by atoms with E-state index in [1.54, 1.807) is 18.3 Å². The molecule has 0 unspecified atom stereocenters. The highest BCUT2D eigenvalue weighted by Gasteiger charge is 2.05.